The molecule has 0 radical (unpaired) electrons. The molecular formula is C18H13Cl2NO3S. The van der Waals surface area contributed by atoms with Crippen LogP contribution in [-0.4, -0.2) is 18.5 Å². The molecule has 1 N–H and O–H groups in total. The molecule has 0 aliphatic rings. The van der Waals surface area contributed by atoms with E-state index >= 15 is 0 Å². The molecule has 7 heteroatoms. The van der Waals surface area contributed by atoms with E-state index in [0.29, 0.717) is 15.6 Å². The summed E-state index contributed by atoms with van der Waals surface area (Å²) in [7, 11) is 0. The summed E-state index contributed by atoms with van der Waals surface area (Å²) in [6, 6.07) is 12.0. The maximum Gasteiger partial charge on any atom is 0.341 e. The predicted molar refractivity (Wildman–Crippen MR) is 102 cm³/mol. The third-order valence-corrected chi connectivity index (χ3v) is 5.11. The molecule has 1 aromatic heterocycles. The SMILES string of the molecule is CCOC(=O)c1c(NC(=O)c2ccc(Cl)cc2Cl)sc2ccccc12. The molecule has 0 aliphatic heterocycles. The van der Waals surface area contributed by atoms with Gasteiger partial charge >= 0.3 is 5.97 Å². The van der Waals surface area contributed by atoms with Crippen molar-refractivity contribution in [1.82, 2.24) is 0 Å². The molecule has 0 saturated heterocycles. The molecule has 1 heterocycles. The molecule has 0 atom stereocenters. The fourth-order valence-electron chi connectivity index (χ4n) is 2.38. The third-order valence-electron chi connectivity index (χ3n) is 3.48. The number of hydrogen-bond donors (Lipinski definition) is 1. The zero-order valence-corrected chi connectivity index (χ0v) is 15.5. The molecular weight excluding hydrogens is 381 g/mol. The summed E-state index contributed by atoms with van der Waals surface area (Å²) in [4.78, 5) is 24.9. The van der Waals surface area contributed by atoms with Crippen molar-refractivity contribution in [2.24, 2.45) is 0 Å². The molecule has 0 unspecified atom stereocenters. The van der Waals surface area contributed by atoms with Crippen LogP contribution in [0.5, 0.6) is 0 Å². The minimum atomic E-state index is -0.475. The lowest BCUT2D eigenvalue weighted by atomic mass is 10.1. The van der Waals surface area contributed by atoms with Gasteiger partial charge in [-0.3, -0.25) is 4.79 Å². The first-order valence-electron chi connectivity index (χ1n) is 7.46. The second-order valence-corrected chi connectivity index (χ2v) is 7.00. The number of hydrogen-bond acceptors (Lipinski definition) is 4. The standard InChI is InChI=1S/C18H13Cl2NO3S/c1-2-24-18(23)15-12-5-3-4-6-14(12)25-17(15)21-16(22)11-8-7-10(19)9-13(11)20/h3-9H,2H2,1H3,(H,21,22). The maximum absolute atomic E-state index is 12.6. The average Bonchev–Trinajstić information content (AvgIpc) is 2.92. The van der Waals surface area contributed by atoms with Gasteiger partial charge < -0.3 is 10.1 Å². The molecule has 0 saturated carbocycles. The molecule has 2 aromatic carbocycles. The number of carbonyl (C=O) groups excluding carboxylic acids is 2. The first kappa shape index (κ1) is 17.7. The van der Waals surface area contributed by atoms with Gasteiger partial charge in [0.2, 0.25) is 0 Å². The summed E-state index contributed by atoms with van der Waals surface area (Å²) in [6.45, 7) is 1.98. The third kappa shape index (κ3) is 3.63. The van der Waals surface area contributed by atoms with Crippen LogP contribution in [-0.2, 0) is 4.74 Å². The van der Waals surface area contributed by atoms with Crippen molar-refractivity contribution in [3.05, 3.63) is 63.6 Å². The number of esters is 1. The van der Waals surface area contributed by atoms with Crippen LogP contribution in [0.3, 0.4) is 0 Å². The number of amides is 1. The molecule has 3 rings (SSSR count). The predicted octanol–water partition coefficient (Wildman–Crippen LogP) is 5.64. The summed E-state index contributed by atoms with van der Waals surface area (Å²) in [5.41, 5.74) is 0.624. The van der Waals surface area contributed by atoms with Crippen LogP contribution in [0, 0.1) is 0 Å². The molecule has 25 heavy (non-hydrogen) atoms. The molecule has 128 valence electrons. The van der Waals surface area contributed by atoms with Gasteiger partial charge in [0, 0.05) is 15.1 Å². The topological polar surface area (TPSA) is 55.4 Å². The van der Waals surface area contributed by atoms with Crippen molar-refractivity contribution < 1.29 is 14.3 Å². The monoisotopic (exact) mass is 393 g/mol. The number of fused-ring (bicyclic) bond motifs is 1. The lowest BCUT2D eigenvalue weighted by Gasteiger charge is -2.08. The number of halogens is 2. The van der Waals surface area contributed by atoms with Gasteiger partial charge in [-0.1, -0.05) is 41.4 Å². The van der Waals surface area contributed by atoms with E-state index in [2.05, 4.69) is 5.32 Å². The fraction of sp³-hybridized carbons (Fsp3) is 0.111. The minimum absolute atomic E-state index is 0.240. The molecule has 4 nitrogen and oxygen atoms in total. The summed E-state index contributed by atoms with van der Waals surface area (Å²) in [5, 5.41) is 4.61. The first-order valence-corrected chi connectivity index (χ1v) is 9.03. The highest BCUT2D eigenvalue weighted by Gasteiger charge is 2.22. The highest BCUT2D eigenvalue weighted by molar-refractivity contribution is 7.23. The van der Waals surface area contributed by atoms with E-state index in [1.807, 2.05) is 24.3 Å². The van der Waals surface area contributed by atoms with Crippen molar-refractivity contribution in [3.8, 4) is 0 Å². The normalized spacial score (nSPS) is 10.7. The van der Waals surface area contributed by atoms with Gasteiger partial charge in [-0.15, -0.1) is 11.3 Å². The summed E-state index contributed by atoms with van der Waals surface area (Å²) in [6.07, 6.45) is 0. The van der Waals surface area contributed by atoms with Crippen LogP contribution in [0.1, 0.15) is 27.6 Å². The molecule has 0 bridgehead atoms. The molecule has 1 amide bonds. The van der Waals surface area contributed by atoms with Crippen LogP contribution in [0.25, 0.3) is 10.1 Å². The van der Waals surface area contributed by atoms with Gasteiger partial charge in [0.15, 0.2) is 0 Å². The first-order chi connectivity index (χ1) is 12.0. The Labute approximate surface area is 158 Å². The Balaban J connectivity index is 2.01. The Morgan fingerprint density at radius 2 is 1.92 bits per heavy atom. The van der Waals surface area contributed by atoms with Crippen LogP contribution in [0.2, 0.25) is 10.0 Å². The number of ether oxygens (including phenoxy) is 1. The Morgan fingerprint density at radius 3 is 2.64 bits per heavy atom. The minimum Gasteiger partial charge on any atom is -0.462 e. The molecule has 3 aromatic rings. The maximum atomic E-state index is 12.6. The Bertz CT molecular complexity index is 968. The van der Waals surface area contributed by atoms with Crippen LogP contribution in [0.15, 0.2) is 42.5 Å². The lowest BCUT2D eigenvalue weighted by molar-refractivity contribution is 0.0530. The molecule has 0 fully saturated rings. The molecule has 0 spiro atoms. The van der Waals surface area contributed by atoms with E-state index in [0.717, 1.165) is 10.1 Å². The van der Waals surface area contributed by atoms with Gasteiger partial charge in [-0.25, -0.2) is 4.79 Å². The highest BCUT2D eigenvalue weighted by Crippen LogP contribution is 2.36. The Morgan fingerprint density at radius 1 is 1.16 bits per heavy atom. The number of nitrogens with one attached hydrogen (secondary N) is 1. The number of benzene rings is 2. The zero-order valence-electron chi connectivity index (χ0n) is 13.1. The van der Waals surface area contributed by atoms with Crippen molar-refractivity contribution in [1.29, 1.82) is 0 Å². The van der Waals surface area contributed by atoms with Gasteiger partial charge in [0.25, 0.3) is 5.91 Å². The van der Waals surface area contributed by atoms with Gasteiger partial charge in [0.1, 0.15) is 10.6 Å². The van der Waals surface area contributed by atoms with E-state index in [1.54, 1.807) is 13.0 Å². The smallest absolute Gasteiger partial charge is 0.341 e. The van der Waals surface area contributed by atoms with Crippen molar-refractivity contribution in [2.45, 2.75) is 6.92 Å². The van der Waals surface area contributed by atoms with Crippen molar-refractivity contribution in [2.75, 3.05) is 11.9 Å². The molecule has 0 aliphatic carbocycles. The summed E-state index contributed by atoms with van der Waals surface area (Å²) < 4.78 is 6.01. The summed E-state index contributed by atoms with van der Waals surface area (Å²) >= 11 is 13.3. The Kier molecular flexibility index (Phi) is 5.27. The van der Waals surface area contributed by atoms with Gasteiger partial charge in [-0.05, 0) is 31.2 Å². The second-order valence-electron chi connectivity index (χ2n) is 5.10. The lowest BCUT2D eigenvalue weighted by Crippen LogP contribution is -2.14. The number of rotatable bonds is 4. The zero-order chi connectivity index (χ0) is 18.0. The van der Waals surface area contributed by atoms with Crippen LogP contribution >= 0.6 is 34.5 Å². The Hall–Kier alpha value is -2.08. The van der Waals surface area contributed by atoms with Crippen molar-refractivity contribution in [3.63, 3.8) is 0 Å². The van der Waals surface area contributed by atoms with Crippen molar-refractivity contribution >= 4 is 61.5 Å². The summed E-state index contributed by atoms with van der Waals surface area (Å²) in [5.74, 6) is -0.892. The second kappa shape index (κ2) is 7.44. The van der Waals surface area contributed by atoms with E-state index in [4.69, 9.17) is 27.9 Å². The number of thiophene rings is 1. The van der Waals surface area contributed by atoms with E-state index in [1.165, 1.54) is 23.5 Å². The van der Waals surface area contributed by atoms with E-state index < -0.39 is 11.9 Å². The average molecular weight is 394 g/mol. The van der Waals surface area contributed by atoms with Gasteiger partial charge in [0.05, 0.1) is 17.2 Å². The quantitative estimate of drug-likeness (QED) is 0.583. The van der Waals surface area contributed by atoms with E-state index in [-0.39, 0.29) is 17.2 Å². The van der Waals surface area contributed by atoms with Crippen LogP contribution < -0.4 is 5.32 Å². The fourth-order valence-corrected chi connectivity index (χ4v) is 3.96. The van der Waals surface area contributed by atoms with Crippen LogP contribution in [0.4, 0.5) is 5.00 Å². The van der Waals surface area contributed by atoms with E-state index in [9.17, 15) is 9.59 Å². The number of anilines is 1. The number of carbonyl (C=O) groups is 2. The highest BCUT2D eigenvalue weighted by atomic mass is 35.5. The van der Waals surface area contributed by atoms with Gasteiger partial charge in [-0.2, -0.15) is 0 Å². The largest absolute Gasteiger partial charge is 0.462 e.